The van der Waals surface area contributed by atoms with Crippen LogP contribution in [0.2, 0.25) is 0 Å². The Morgan fingerprint density at radius 1 is 1.24 bits per heavy atom. The summed E-state index contributed by atoms with van der Waals surface area (Å²) in [4.78, 5) is 20.0. The molecule has 2 aliphatic rings. The number of carbonyl (C=O) groups excluding carboxylic acids is 1. The summed E-state index contributed by atoms with van der Waals surface area (Å²) in [5.74, 6) is 0.561. The Kier molecular flexibility index (Phi) is 8.02. The Morgan fingerprint density at radius 3 is 2.48 bits per heavy atom. The molecule has 0 spiro atoms. The van der Waals surface area contributed by atoms with E-state index in [9.17, 15) is 18.0 Å². The van der Waals surface area contributed by atoms with Crippen LogP contribution in [0.1, 0.15) is 47.0 Å². The second-order valence-corrected chi connectivity index (χ2v) is 8.65. The monoisotopic (exact) mass is 421 g/mol. The number of guanidine groups is 1. The number of alkyl halides is 3. The van der Waals surface area contributed by atoms with Gasteiger partial charge in [-0.3, -0.25) is 9.89 Å². The van der Waals surface area contributed by atoms with Crippen LogP contribution in [0, 0.1) is 0 Å². The summed E-state index contributed by atoms with van der Waals surface area (Å²) in [7, 11) is 0. The highest BCUT2D eigenvalue weighted by Crippen LogP contribution is 2.28. The maximum absolute atomic E-state index is 12.6. The third-order valence-electron chi connectivity index (χ3n) is 4.59. The highest BCUT2D eigenvalue weighted by atomic mass is 19.4. The van der Waals surface area contributed by atoms with Gasteiger partial charge in [0.2, 0.25) is 0 Å². The number of rotatable bonds is 7. The van der Waals surface area contributed by atoms with Crippen molar-refractivity contribution in [2.24, 2.45) is 4.99 Å². The molecule has 2 rings (SSSR count). The number of amides is 1. The molecule has 10 heteroatoms. The van der Waals surface area contributed by atoms with Crippen molar-refractivity contribution in [3.8, 4) is 0 Å². The van der Waals surface area contributed by atoms with Gasteiger partial charge < -0.3 is 20.3 Å². The molecule has 1 saturated heterocycles. The summed E-state index contributed by atoms with van der Waals surface area (Å²) in [6.45, 7) is 8.78. The van der Waals surface area contributed by atoms with Crippen molar-refractivity contribution in [3.63, 3.8) is 0 Å². The molecular weight excluding hydrogens is 387 g/mol. The zero-order valence-corrected chi connectivity index (χ0v) is 17.8. The summed E-state index contributed by atoms with van der Waals surface area (Å²) in [6.07, 6.45) is -1.93. The lowest BCUT2D eigenvalue weighted by molar-refractivity contribution is -0.143. The largest absolute Gasteiger partial charge is 0.444 e. The first-order valence-corrected chi connectivity index (χ1v) is 10.3. The summed E-state index contributed by atoms with van der Waals surface area (Å²) in [5.41, 5.74) is -0.547. The number of hydrogen-bond donors (Lipinski definition) is 2. The summed E-state index contributed by atoms with van der Waals surface area (Å²) in [5, 5.41) is 6.34. The highest BCUT2D eigenvalue weighted by molar-refractivity contribution is 5.80. The molecule has 0 aromatic carbocycles. The molecule has 0 radical (unpaired) electrons. The zero-order chi connectivity index (χ0) is 21.7. The SMILES string of the molecule is CCNC(=NCCN(C(=O)OC(C)(C)C)C1CC1)NC1CCN(CC(F)(F)F)C1. The molecule has 29 heavy (non-hydrogen) atoms. The first kappa shape index (κ1) is 23.6. The van der Waals surface area contributed by atoms with E-state index >= 15 is 0 Å². The zero-order valence-electron chi connectivity index (χ0n) is 17.8. The number of nitrogens with one attached hydrogen (secondary N) is 2. The highest BCUT2D eigenvalue weighted by Gasteiger charge is 2.36. The number of ether oxygens (including phenoxy) is 1. The van der Waals surface area contributed by atoms with Crippen LogP contribution in [0.15, 0.2) is 4.99 Å². The van der Waals surface area contributed by atoms with Crippen molar-refractivity contribution in [2.75, 3.05) is 39.3 Å². The van der Waals surface area contributed by atoms with Gasteiger partial charge in [0.25, 0.3) is 0 Å². The van der Waals surface area contributed by atoms with Crippen LogP contribution < -0.4 is 10.6 Å². The van der Waals surface area contributed by atoms with Crippen LogP contribution in [0.25, 0.3) is 0 Å². The second kappa shape index (κ2) is 9.86. The van der Waals surface area contributed by atoms with Gasteiger partial charge in [-0.2, -0.15) is 13.2 Å². The maximum atomic E-state index is 12.6. The van der Waals surface area contributed by atoms with E-state index in [1.165, 1.54) is 4.90 Å². The fraction of sp³-hybridized carbons (Fsp3) is 0.895. The quantitative estimate of drug-likeness (QED) is 0.489. The van der Waals surface area contributed by atoms with Gasteiger partial charge in [0.15, 0.2) is 5.96 Å². The second-order valence-electron chi connectivity index (χ2n) is 8.65. The van der Waals surface area contributed by atoms with E-state index in [0.717, 1.165) is 12.8 Å². The van der Waals surface area contributed by atoms with Gasteiger partial charge in [-0.1, -0.05) is 0 Å². The summed E-state index contributed by atoms with van der Waals surface area (Å²) >= 11 is 0. The van der Waals surface area contributed by atoms with E-state index in [-0.39, 0.29) is 18.2 Å². The molecule has 168 valence electrons. The third kappa shape index (κ3) is 9.10. The van der Waals surface area contributed by atoms with Crippen molar-refractivity contribution in [3.05, 3.63) is 0 Å². The predicted octanol–water partition coefficient (Wildman–Crippen LogP) is 2.58. The number of likely N-dealkylation sites (tertiary alicyclic amines) is 1. The topological polar surface area (TPSA) is 69.2 Å². The van der Waals surface area contributed by atoms with Gasteiger partial charge in [0, 0.05) is 38.3 Å². The minimum absolute atomic E-state index is 0.0828. The Labute approximate surface area is 171 Å². The standard InChI is InChI=1S/C19H34F3N5O2/c1-5-23-16(25-14-8-10-26(12-14)13-19(20,21)22)24-9-11-27(15-6-7-15)17(28)29-18(2,3)4/h14-15H,5-13H2,1-4H3,(H2,23,24,25). The Hall–Kier alpha value is -1.71. The van der Waals surface area contributed by atoms with Crippen molar-refractivity contribution >= 4 is 12.1 Å². The first-order chi connectivity index (χ1) is 13.5. The molecule has 1 atom stereocenters. The van der Waals surface area contributed by atoms with E-state index in [1.807, 2.05) is 27.7 Å². The normalized spacial score (nSPS) is 21.2. The molecule has 0 bridgehead atoms. The van der Waals surface area contributed by atoms with Crippen LogP contribution in [0.3, 0.4) is 0 Å². The minimum atomic E-state index is -4.18. The molecule has 1 amide bonds. The molecule has 1 aliphatic heterocycles. The van der Waals surface area contributed by atoms with E-state index in [0.29, 0.717) is 45.1 Å². The van der Waals surface area contributed by atoms with Crippen LogP contribution >= 0.6 is 0 Å². The van der Waals surface area contributed by atoms with E-state index in [4.69, 9.17) is 4.74 Å². The average molecular weight is 422 g/mol. The molecule has 0 aromatic heterocycles. The molecule has 2 fully saturated rings. The lowest BCUT2D eigenvalue weighted by Gasteiger charge is -2.27. The van der Waals surface area contributed by atoms with E-state index in [2.05, 4.69) is 15.6 Å². The molecule has 1 unspecified atom stereocenters. The van der Waals surface area contributed by atoms with Crippen LogP contribution in [-0.2, 0) is 4.74 Å². The lowest BCUT2D eigenvalue weighted by atomic mass is 10.2. The lowest BCUT2D eigenvalue weighted by Crippen LogP contribution is -2.45. The fourth-order valence-electron chi connectivity index (χ4n) is 3.26. The van der Waals surface area contributed by atoms with Gasteiger partial charge >= 0.3 is 12.3 Å². The van der Waals surface area contributed by atoms with Gasteiger partial charge in [-0.25, -0.2) is 4.79 Å². The molecular formula is C19H34F3N5O2. The van der Waals surface area contributed by atoms with Crippen LogP contribution in [0.5, 0.6) is 0 Å². The molecule has 7 nitrogen and oxygen atoms in total. The number of hydrogen-bond acceptors (Lipinski definition) is 4. The van der Waals surface area contributed by atoms with Crippen molar-refractivity contribution < 1.29 is 22.7 Å². The summed E-state index contributed by atoms with van der Waals surface area (Å²) < 4.78 is 43.1. The van der Waals surface area contributed by atoms with E-state index < -0.39 is 18.3 Å². The molecule has 1 saturated carbocycles. The van der Waals surface area contributed by atoms with Crippen LogP contribution in [0.4, 0.5) is 18.0 Å². The number of nitrogens with zero attached hydrogens (tertiary/aromatic N) is 3. The third-order valence-corrected chi connectivity index (χ3v) is 4.59. The molecule has 2 N–H and O–H groups in total. The smallest absolute Gasteiger partial charge is 0.410 e. The van der Waals surface area contributed by atoms with Gasteiger partial charge in [-0.05, 0) is 47.0 Å². The van der Waals surface area contributed by atoms with Crippen molar-refractivity contribution in [1.82, 2.24) is 20.4 Å². The summed E-state index contributed by atoms with van der Waals surface area (Å²) in [6, 6.07) is 0.127. The van der Waals surface area contributed by atoms with Crippen molar-refractivity contribution in [1.29, 1.82) is 0 Å². The predicted molar refractivity (Wildman–Crippen MR) is 106 cm³/mol. The number of carbonyl (C=O) groups is 1. The van der Waals surface area contributed by atoms with E-state index in [1.54, 1.807) is 4.90 Å². The number of aliphatic imine (C=N–C) groups is 1. The first-order valence-electron chi connectivity index (χ1n) is 10.3. The average Bonchev–Trinajstić information content (AvgIpc) is 3.30. The van der Waals surface area contributed by atoms with Gasteiger partial charge in [0.1, 0.15) is 5.60 Å². The molecule has 1 aliphatic carbocycles. The molecule has 0 aromatic rings. The fourth-order valence-corrected chi connectivity index (χ4v) is 3.26. The van der Waals surface area contributed by atoms with Crippen molar-refractivity contribution in [2.45, 2.75) is 70.8 Å². The Balaban J connectivity index is 1.85. The van der Waals surface area contributed by atoms with Gasteiger partial charge in [0.05, 0.1) is 13.1 Å². The Morgan fingerprint density at radius 2 is 1.93 bits per heavy atom. The molecule has 1 heterocycles. The Bertz CT molecular complexity index is 573. The van der Waals surface area contributed by atoms with Crippen LogP contribution in [-0.4, -0.2) is 85.0 Å². The maximum Gasteiger partial charge on any atom is 0.410 e. The van der Waals surface area contributed by atoms with Gasteiger partial charge in [-0.15, -0.1) is 0 Å². The minimum Gasteiger partial charge on any atom is -0.444 e. The number of halogens is 3.